The Morgan fingerprint density at radius 3 is 1.76 bits per heavy atom. The fraction of sp³-hybridized carbons (Fsp3) is 0.500. The molecule has 0 aliphatic carbocycles. The van der Waals surface area contributed by atoms with E-state index in [0.717, 1.165) is 19.1 Å². The van der Waals surface area contributed by atoms with Crippen LogP contribution in [-0.2, 0) is 24.5 Å². The summed E-state index contributed by atoms with van der Waals surface area (Å²) >= 11 is 0. The molecule has 1 aromatic rings. The molecule has 0 saturated heterocycles. The highest BCUT2D eigenvalue weighted by atomic mass is 32.2. The maximum absolute atomic E-state index is 13.6. The summed E-state index contributed by atoms with van der Waals surface area (Å²) < 4.78 is 142. The predicted octanol–water partition coefficient (Wildman–Crippen LogP) is 3.80. The second-order valence-corrected chi connectivity index (χ2v) is 7.54. The topological polar surface area (TPSA) is 80.7 Å². The third kappa shape index (κ3) is 4.01. The molecule has 0 aliphatic heterocycles. The Bertz CT molecular complexity index is 852. The lowest BCUT2D eigenvalue weighted by Crippen LogP contribution is -2.63. The molecule has 0 fully saturated rings. The lowest BCUT2D eigenvalue weighted by molar-refractivity contribution is -0.382. The van der Waals surface area contributed by atoms with Crippen LogP contribution in [0.2, 0.25) is 0 Å². The molecule has 0 aromatic heterocycles. The molecule has 1 unspecified atom stereocenters. The first kappa shape index (κ1) is 25.0. The number of alkyl halides is 9. The van der Waals surface area contributed by atoms with Gasteiger partial charge in [0.1, 0.15) is 5.41 Å². The Hall–Kier alpha value is -2.03. The molecule has 1 N–H and O–H groups in total. The van der Waals surface area contributed by atoms with Gasteiger partial charge in [-0.2, -0.15) is 47.9 Å². The summed E-state index contributed by atoms with van der Waals surface area (Å²) in [6, 6.07) is 5.97. The standard InChI is InChI=1S/C14H11F9O5S/c1-10(9(24)25,8-5-3-2-4-6-8)7-28-29(26,27)14(22,23)12(17,18)11(15,16)13(19,20)21/h2-6H,7H2,1H3,(H,24,25). The highest BCUT2D eigenvalue weighted by molar-refractivity contribution is 7.87. The van der Waals surface area contributed by atoms with Gasteiger partial charge >= 0.3 is 39.4 Å². The summed E-state index contributed by atoms with van der Waals surface area (Å²) in [5.74, 6) is -16.8. The van der Waals surface area contributed by atoms with Crippen molar-refractivity contribution in [3.63, 3.8) is 0 Å². The van der Waals surface area contributed by atoms with Gasteiger partial charge in [0.2, 0.25) is 0 Å². The smallest absolute Gasteiger partial charge is 0.460 e. The first-order chi connectivity index (χ1) is 12.8. The lowest BCUT2D eigenvalue weighted by atomic mass is 9.83. The monoisotopic (exact) mass is 462 g/mol. The molecule has 1 rings (SSSR count). The van der Waals surface area contributed by atoms with Crippen LogP contribution in [0.3, 0.4) is 0 Å². The molecule has 0 spiro atoms. The van der Waals surface area contributed by atoms with E-state index in [-0.39, 0.29) is 5.56 Å². The minimum atomic E-state index is -7.47. The SMILES string of the molecule is CC(COS(=O)(=O)C(F)(F)C(F)(F)C(F)(F)C(F)(F)F)(C(=O)O)c1ccccc1. The van der Waals surface area contributed by atoms with Crippen LogP contribution in [0.15, 0.2) is 30.3 Å². The van der Waals surface area contributed by atoms with Gasteiger partial charge in [0.25, 0.3) is 0 Å². The normalized spacial score (nSPS) is 16.3. The molecule has 1 atom stereocenters. The Morgan fingerprint density at radius 1 is 0.931 bits per heavy atom. The molecule has 1 aromatic carbocycles. The van der Waals surface area contributed by atoms with Gasteiger partial charge < -0.3 is 5.11 Å². The van der Waals surface area contributed by atoms with Gasteiger partial charge in [-0.05, 0) is 12.5 Å². The second-order valence-electron chi connectivity index (χ2n) is 5.88. The van der Waals surface area contributed by atoms with E-state index in [1.54, 1.807) is 0 Å². The van der Waals surface area contributed by atoms with Crippen LogP contribution in [0.5, 0.6) is 0 Å². The first-order valence-electron chi connectivity index (χ1n) is 7.14. The minimum absolute atomic E-state index is 0.265. The number of carbonyl (C=O) groups is 1. The van der Waals surface area contributed by atoms with E-state index in [2.05, 4.69) is 4.18 Å². The van der Waals surface area contributed by atoms with Gasteiger partial charge in [0.05, 0.1) is 6.61 Å². The summed E-state index contributed by atoms with van der Waals surface area (Å²) in [5, 5.41) is 2.14. The van der Waals surface area contributed by atoms with Crippen molar-refractivity contribution in [2.75, 3.05) is 6.61 Å². The van der Waals surface area contributed by atoms with E-state index in [4.69, 9.17) is 0 Å². The van der Waals surface area contributed by atoms with Crippen molar-refractivity contribution in [2.45, 2.75) is 35.6 Å². The second kappa shape index (κ2) is 7.34. The van der Waals surface area contributed by atoms with Crippen LogP contribution in [0.4, 0.5) is 39.5 Å². The fourth-order valence-corrected chi connectivity index (χ4v) is 2.84. The van der Waals surface area contributed by atoms with Crippen molar-refractivity contribution >= 4 is 16.1 Å². The molecule has 0 bridgehead atoms. The Labute approximate surface area is 157 Å². The first-order valence-corrected chi connectivity index (χ1v) is 8.54. The predicted molar refractivity (Wildman–Crippen MR) is 77.2 cm³/mol. The van der Waals surface area contributed by atoms with Crippen LogP contribution in [0.25, 0.3) is 0 Å². The summed E-state index contributed by atoms with van der Waals surface area (Å²) in [5.41, 5.74) is -2.73. The molecule has 166 valence electrons. The molecule has 0 saturated carbocycles. The minimum Gasteiger partial charge on any atom is -0.481 e. The lowest BCUT2D eigenvalue weighted by Gasteiger charge is -2.33. The zero-order valence-corrected chi connectivity index (χ0v) is 14.8. The van der Waals surface area contributed by atoms with E-state index < -0.39 is 51.4 Å². The van der Waals surface area contributed by atoms with Gasteiger partial charge in [0.15, 0.2) is 0 Å². The molecule has 15 heteroatoms. The average Bonchev–Trinajstić information content (AvgIpc) is 2.58. The quantitative estimate of drug-likeness (QED) is 0.470. The molecule has 0 amide bonds. The van der Waals surface area contributed by atoms with E-state index in [1.165, 1.54) is 18.2 Å². The van der Waals surface area contributed by atoms with Crippen molar-refractivity contribution < 1.29 is 62.0 Å². The van der Waals surface area contributed by atoms with Crippen molar-refractivity contribution in [3.8, 4) is 0 Å². The summed E-state index contributed by atoms with van der Waals surface area (Å²) in [6.07, 6.45) is -7.23. The number of hydrogen-bond donors (Lipinski definition) is 1. The molecular weight excluding hydrogens is 451 g/mol. The van der Waals surface area contributed by atoms with Crippen LogP contribution in [-0.4, -0.2) is 49.4 Å². The Balaban J connectivity index is 3.32. The number of carboxylic acid groups (broad SMARTS) is 1. The third-order valence-electron chi connectivity index (χ3n) is 3.82. The van der Waals surface area contributed by atoms with Gasteiger partial charge in [-0.3, -0.25) is 8.98 Å². The molecule has 0 aliphatic rings. The maximum atomic E-state index is 13.6. The van der Waals surface area contributed by atoms with Gasteiger partial charge in [-0.15, -0.1) is 0 Å². The fourth-order valence-electron chi connectivity index (χ4n) is 1.86. The summed E-state index contributed by atoms with van der Waals surface area (Å²) in [6.45, 7) is -1.08. The van der Waals surface area contributed by atoms with Crippen molar-refractivity contribution in [1.29, 1.82) is 0 Å². The van der Waals surface area contributed by atoms with Crippen molar-refractivity contribution in [2.24, 2.45) is 0 Å². The molecule has 0 heterocycles. The van der Waals surface area contributed by atoms with Crippen LogP contribution in [0, 0.1) is 0 Å². The van der Waals surface area contributed by atoms with E-state index in [1.807, 2.05) is 0 Å². The molecule has 29 heavy (non-hydrogen) atoms. The Kier molecular flexibility index (Phi) is 6.33. The summed E-state index contributed by atoms with van der Waals surface area (Å²) in [7, 11) is -7.16. The highest BCUT2D eigenvalue weighted by Gasteiger charge is 2.85. The number of rotatable bonds is 8. The highest BCUT2D eigenvalue weighted by Crippen LogP contribution is 2.55. The summed E-state index contributed by atoms with van der Waals surface area (Å²) in [4.78, 5) is 11.4. The molecule has 0 radical (unpaired) electrons. The largest absolute Gasteiger partial charge is 0.481 e. The zero-order chi connectivity index (χ0) is 23.1. The average molecular weight is 462 g/mol. The van der Waals surface area contributed by atoms with Crippen molar-refractivity contribution in [1.82, 2.24) is 0 Å². The maximum Gasteiger partial charge on any atom is 0.460 e. The number of carboxylic acids is 1. The van der Waals surface area contributed by atoms with Gasteiger partial charge in [0, 0.05) is 0 Å². The van der Waals surface area contributed by atoms with E-state index >= 15 is 0 Å². The van der Waals surface area contributed by atoms with E-state index in [9.17, 15) is 57.8 Å². The van der Waals surface area contributed by atoms with Crippen molar-refractivity contribution in [3.05, 3.63) is 35.9 Å². The number of benzene rings is 1. The number of hydrogen-bond acceptors (Lipinski definition) is 4. The van der Waals surface area contributed by atoms with Gasteiger partial charge in [-0.25, -0.2) is 0 Å². The van der Waals surface area contributed by atoms with Gasteiger partial charge in [-0.1, -0.05) is 30.3 Å². The van der Waals surface area contributed by atoms with Crippen LogP contribution >= 0.6 is 0 Å². The third-order valence-corrected chi connectivity index (χ3v) is 5.13. The van der Waals surface area contributed by atoms with Crippen LogP contribution in [0.1, 0.15) is 12.5 Å². The number of halogens is 9. The Morgan fingerprint density at radius 2 is 1.38 bits per heavy atom. The van der Waals surface area contributed by atoms with Crippen LogP contribution < -0.4 is 0 Å². The zero-order valence-electron chi connectivity index (χ0n) is 14.0. The number of aliphatic carboxylic acids is 1. The molecular formula is C14H11F9O5S. The van der Waals surface area contributed by atoms with E-state index in [0.29, 0.717) is 0 Å². The molecule has 5 nitrogen and oxygen atoms in total.